The molecule has 0 N–H and O–H groups in total. The van der Waals surface area contributed by atoms with Gasteiger partial charge < -0.3 is 9.47 Å². The lowest BCUT2D eigenvalue weighted by atomic mass is 10.2. The Balaban J connectivity index is 1.77. The van der Waals surface area contributed by atoms with Crippen molar-refractivity contribution in [1.29, 1.82) is 0 Å². The minimum Gasteiger partial charge on any atom is -0.378 e. The maximum atomic E-state index is 13.7. The van der Waals surface area contributed by atoms with Gasteiger partial charge in [0.15, 0.2) is 11.0 Å². The van der Waals surface area contributed by atoms with E-state index in [2.05, 4.69) is 27.2 Å². The van der Waals surface area contributed by atoms with Gasteiger partial charge in [0.1, 0.15) is 5.82 Å². The van der Waals surface area contributed by atoms with Crippen LogP contribution in [0.4, 0.5) is 10.1 Å². The first-order valence-electron chi connectivity index (χ1n) is 7.59. The summed E-state index contributed by atoms with van der Waals surface area (Å²) in [6, 6.07) is 15.0. The van der Waals surface area contributed by atoms with Crippen LogP contribution >= 0.6 is 11.8 Å². The van der Waals surface area contributed by atoms with Gasteiger partial charge in [0.05, 0.1) is 0 Å². The molecule has 1 heterocycles. The van der Waals surface area contributed by atoms with Crippen LogP contribution in [0, 0.1) is 5.82 Å². The highest BCUT2D eigenvalue weighted by atomic mass is 32.2. The molecule has 124 valence electrons. The Bertz CT molecular complexity index is 827. The Morgan fingerprint density at radius 2 is 1.75 bits per heavy atom. The van der Waals surface area contributed by atoms with Crippen LogP contribution in [0.1, 0.15) is 5.56 Å². The van der Waals surface area contributed by atoms with E-state index in [1.807, 2.05) is 43.9 Å². The largest absolute Gasteiger partial charge is 0.378 e. The number of anilines is 1. The second-order valence-electron chi connectivity index (χ2n) is 5.69. The zero-order valence-corrected chi connectivity index (χ0v) is 14.7. The molecule has 0 saturated carbocycles. The molecule has 0 aliphatic rings. The highest BCUT2D eigenvalue weighted by molar-refractivity contribution is 7.98. The van der Waals surface area contributed by atoms with Crippen molar-refractivity contribution < 1.29 is 4.39 Å². The Labute approximate surface area is 145 Å². The van der Waals surface area contributed by atoms with Gasteiger partial charge >= 0.3 is 0 Å². The Kier molecular flexibility index (Phi) is 4.85. The third kappa shape index (κ3) is 3.43. The van der Waals surface area contributed by atoms with E-state index in [0.29, 0.717) is 11.3 Å². The Morgan fingerprint density at radius 1 is 1.04 bits per heavy atom. The number of thioether (sulfide) groups is 1. The highest BCUT2D eigenvalue weighted by Crippen LogP contribution is 2.27. The van der Waals surface area contributed by atoms with Gasteiger partial charge in [0, 0.05) is 38.1 Å². The minimum atomic E-state index is -0.188. The fourth-order valence-corrected chi connectivity index (χ4v) is 3.26. The summed E-state index contributed by atoms with van der Waals surface area (Å²) in [6.45, 7) is 0. The number of aromatic nitrogens is 3. The number of nitrogens with zero attached hydrogens (tertiary/aromatic N) is 4. The van der Waals surface area contributed by atoms with Gasteiger partial charge in [-0.2, -0.15) is 0 Å². The van der Waals surface area contributed by atoms with E-state index in [-0.39, 0.29) is 5.82 Å². The Hall–Kier alpha value is -2.34. The van der Waals surface area contributed by atoms with E-state index in [1.165, 1.54) is 17.8 Å². The molecule has 0 spiro atoms. The topological polar surface area (TPSA) is 34.0 Å². The Morgan fingerprint density at radius 3 is 2.42 bits per heavy atom. The van der Waals surface area contributed by atoms with Crippen molar-refractivity contribution >= 4 is 17.4 Å². The fourth-order valence-electron chi connectivity index (χ4n) is 2.36. The molecule has 0 atom stereocenters. The van der Waals surface area contributed by atoms with E-state index < -0.39 is 0 Å². The van der Waals surface area contributed by atoms with Crippen molar-refractivity contribution in [1.82, 2.24) is 14.8 Å². The molecular formula is C18H19FN4S. The van der Waals surface area contributed by atoms with Crippen LogP contribution in [0.15, 0.2) is 53.7 Å². The van der Waals surface area contributed by atoms with Gasteiger partial charge in [-0.05, 0) is 35.9 Å². The van der Waals surface area contributed by atoms with Crippen LogP contribution in [-0.2, 0) is 12.8 Å². The van der Waals surface area contributed by atoms with Gasteiger partial charge in [-0.15, -0.1) is 10.2 Å². The van der Waals surface area contributed by atoms with Crippen molar-refractivity contribution in [2.75, 3.05) is 19.0 Å². The van der Waals surface area contributed by atoms with Crippen LogP contribution in [0.5, 0.6) is 0 Å². The SMILES string of the molecule is CN(C)c1ccc(-c2nnc(SCc3ccccc3F)n2C)cc1. The molecule has 0 bridgehead atoms. The average molecular weight is 342 g/mol. The molecule has 0 aliphatic heterocycles. The molecule has 0 amide bonds. The van der Waals surface area contributed by atoms with E-state index in [9.17, 15) is 4.39 Å². The van der Waals surface area contributed by atoms with Gasteiger partial charge in [-0.25, -0.2) is 4.39 Å². The maximum absolute atomic E-state index is 13.7. The van der Waals surface area contributed by atoms with Crippen molar-refractivity contribution in [3.05, 3.63) is 59.9 Å². The molecule has 0 aliphatic carbocycles. The van der Waals surface area contributed by atoms with Crippen LogP contribution in [0.25, 0.3) is 11.4 Å². The predicted octanol–water partition coefficient (Wildman–Crippen LogP) is 3.98. The fraction of sp³-hybridized carbons (Fsp3) is 0.222. The van der Waals surface area contributed by atoms with Crippen LogP contribution in [0.2, 0.25) is 0 Å². The van der Waals surface area contributed by atoms with Gasteiger partial charge in [-0.1, -0.05) is 30.0 Å². The minimum absolute atomic E-state index is 0.188. The number of benzene rings is 2. The molecular weight excluding hydrogens is 323 g/mol. The first-order valence-corrected chi connectivity index (χ1v) is 8.58. The first-order chi connectivity index (χ1) is 11.6. The summed E-state index contributed by atoms with van der Waals surface area (Å²) in [5.41, 5.74) is 2.81. The van der Waals surface area contributed by atoms with Crippen molar-refractivity contribution in [3.63, 3.8) is 0 Å². The van der Waals surface area contributed by atoms with Crippen molar-refractivity contribution in [2.45, 2.75) is 10.9 Å². The summed E-state index contributed by atoms with van der Waals surface area (Å²) in [7, 11) is 5.95. The highest BCUT2D eigenvalue weighted by Gasteiger charge is 2.12. The molecule has 0 radical (unpaired) electrons. The first kappa shape index (κ1) is 16.5. The second-order valence-corrected chi connectivity index (χ2v) is 6.63. The molecule has 1 aromatic heterocycles. The number of halogens is 1. The predicted molar refractivity (Wildman–Crippen MR) is 96.7 cm³/mol. The monoisotopic (exact) mass is 342 g/mol. The van der Waals surface area contributed by atoms with Gasteiger partial charge in [-0.3, -0.25) is 0 Å². The smallest absolute Gasteiger partial charge is 0.191 e. The summed E-state index contributed by atoms with van der Waals surface area (Å²) in [5, 5.41) is 9.29. The van der Waals surface area contributed by atoms with Crippen LogP contribution < -0.4 is 4.90 Å². The van der Waals surface area contributed by atoms with Crippen LogP contribution in [0.3, 0.4) is 0 Å². The number of hydrogen-bond acceptors (Lipinski definition) is 4. The number of hydrogen-bond donors (Lipinski definition) is 0. The molecule has 6 heteroatoms. The zero-order valence-electron chi connectivity index (χ0n) is 13.9. The van der Waals surface area contributed by atoms with Gasteiger partial charge in [0.25, 0.3) is 0 Å². The third-order valence-electron chi connectivity index (χ3n) is 3.79. The van der Waals surface area contributed by atoms with E-state index in [0.717, 1.165) is 22.2 Å². The molecule has 3 aromatic rings. The van der Waals surface area contributed by atoms with Crippen LogP contribution in [-0.4, -0.2) is 28.9 Å². The average Bonchev–Trinajstić information content (AvgIpc) is 2.95. The number of rotatable bonds is 5. The van der Waals surface area contributed by atoms with Gasteiger partial charge in [0.2, 0.25) is 0 Å². The summed E-state index contributed by atoms with van der Waals surface area (Å²) in [5.74, 6) is 1.14. The zero-order chi connectivity index (χ0) is 17.1. The van der Waals surface area contributed by atoms with E-state index in [4.69, 9.17) is 0 Å². The molecule has 2 aromatic carbocycles. The molecule has 24 heavy (non-hydrogen) atoms. The lowest BCUT2D eigenvalue weighted by Gasteiger charge is -2.12. The lowest BCUT2D eigenvalue weighted by molar-refractivity contribution is 0.617. The standard InChI is InChI=1S/C18H19FN4S/c1-22(2)15-10-8-13(9-11-15)17-20-21-18(23(17)3)24-12-14-6-4-5-7-16(14)19/h4-11H,12H2,1-3H3. The van der Waals surface area contributed by atoms with Crippen molar-refractivity contribution in [3.8, 4) is 11.4 Å². The quantitative estimate of drug-likeness (QED) is 0.657. The summed E-state index contributed by atoms with van der Waals surface area (Å²) < 4.78 is 15.6. The molecule has 0 saturated heterocycles. The van der Waals surface area contributed by atoms with E-state index >= 15 is 0 Å². The second kappa shape index (κ2) is 7.05. The summed E-state index contributed by atoms with van der Waals surface area (Å²) in [6.07, 6.45) is 0. The molecule has 0 fully saturated rings. The molecule has 4 nitrogen and oxygen atoms in total. The van der Waals surface area contributed by atoms with E-state index in [1.54, 1.807) is 12.1 Å². The maximum Gasteiger partial charge on any atom is 0.191 e. The molecule has 3 rings (SSSR count). The third-order valence-corrected chi connectivity index (χ3v) is 4.86. The summed E-state index contributed by atoms with van der Waals surface area (Å²) >= 11 is 1.48. The van der Waals surface area contributed by atoms with Crippen molar-refractivity contribution in [2.24, 2.45) is 7.05 Å². The summed E-state index contributed by atoms with van der Waals surface area (Å²) in [4.78, 5) is 2.05. The lowest BCUT2D eigenvalue weighted by Crippen LogP contribution is -2.08. The normalized spacial score (nSPS) is 10.8. The molecule has 0 unspecified atom stereocenters.